The molecule has 0 radical (unpaired) electrons. The molecule has 0 aliphatic rings. The normalized spacial score (nSPS) is 12.7. The fourth-order valence-corrected chi connectivity index (χ4v) is 1.72. The number of carbonyl (C=O) groups is 1. The van der Waals surface area contributed by atoms with E-state index in [9.17, 15) is 4.79 Å². The molecule has 0 aromatic heterocycles. The van der Waals surface area contributed by atoms with Crippen molar-refractivity contribution >= 4 is 17.4 Å². The highest BCUT2D eigenvalue weighted by atomic mass is 16.5. The van der Waals surface area contributed by atoms with Crippen LogP contribution in [0.25, 0.3) is 0 Å². The van der Waals surface area contributed by atoms with Gasteiger partial charge in [0.1, 0.15) is 11.5 Å². The summed E-state index contributed by atoms with van der Waals surface area (Å²) in [6.45, 7) is 1.77. The lowest BCUT2D eigenvalue weighted by Crippen LogP contribution is -2.34. The third kappa shape index (κ3) is 3.53. The Balaban J connectivity index is 2.95. The highest BCUT2D eigenvalue weighted by Crippen LogP contribution is 2.29. The van der Waals surface area contributed by atoms with Crippen LogP contribution in [-0.2, 0) is 4.79 Å². The van der Waals surface area contributed by atoms with Crippen LogP contribution in [0.1, 0.15) is 13.3 Å². The zero-order valence-corrected chi connectivity index (χ0v) is 11.7. The summed E-state index contributed by atoms with van der Waals surface area (Å²) in [5.41, 5.74) is 5.97. The van der Waals surface area contributed by atoms with Crippen LogP contribution in [0.2, 0.25) is 0 Å². The number of benzene rings is 1. The smallest absolute Gasteiger partial charge is 0.235 e. The third-order valence-electron chi connectivity index (χ3n) is 2.86. The van der Waals surface area contributed by atoms with E-state index in [2.05, 4.69) is 10.5 Å². The number of amides is 1. The molecule has 0 heterocycles. The number of ether oxygens (including phenoxy) is 2. The average molecular weight is 281 g/mol. The SMILES string of the molecule is CCC(C(=O)Nc1ccc(OC)cc1OC)C(N)=NO. The molecule has 1 atom stereocenters. The fourth-order valence-electron chi connectivity index (χ4n) is 1.72. The minimum Gasteiger partial charge on any atom is -0.497 e. The molecule has 1 aromatic carbocycles. The molecule has 4 N–H and O–H groups in total. The summed E-state index contributed by atoms with van der Waals surface area (Å²) in [7, 11) is 3.03. The van der Waals surface area contributed by atoms with Crippen LogP contribution in [0.15, 0.2) is 23.4 Å². The monoisotopic (exact) mass is 281 g/mol. The first-order valence-corrected chi connectivity index (χ1v) is 6.07. The van der Waals surface area contributed by atoms with Crippen LogP contribution in [0.5, 0.6) is 11.5 Å². The summed E-state index contributed by atoms with van der Waals surface area (Å²) >= 11 is 0. The molecule has 1 unspecified atom stereocenters. The van der Waals surface area contributed by atoms with E-state index in [1.165, 1.54) is 7.11 Å². The van der Waals surface area contributed by atoms with Crippen molar-refractivity contribution in [3.05, 3.63) is 18.2 Å². The third-order valence-corrected chi connectivity index (χ3v) is 2.86. The molecule has 0 fully saturated rings. The maximum Gasteiger partial charge on any atom is 0.235 e. The van der Waals surface area contributed by atoms with Crippen molar-refractivity contribution in [1.82, 2.24) is 0 Å². The van der Waals surface area contributed by atoms with Gasteiger partial charge in [0.05, 0.1) is 25.8 Å². The maximum absolute atomic E-state index is 12.1. The van der Waals surface area contributed by atoms with E-state index in [1.807, 2.05) is 0 Å². The minimum atomic E-state index is -0.702. The zero-order chi connectivity index (χ0) is 15.1. The summed E-state index contributed by atoms with van der Waals surface area (Å²) in [5, 5.41) is 14.2. The average Bonchev–Trinajstić information content (AvgIpc) is 2.48. The van der Waals surface area contributed by atoms with Crippen molar-refractivity contribution in [2.24, 2.45) is 16.8 Å². The summed E-state index contributed by atoms with van der Waals surface area (Å²) in [6.07, 6.45) is 0.417. The van der Waals surface area contributed by atoms with Crippen LogP contribution in [0, 0.1) is 5.92 Å². The molecule has 0 aliphatic carbocycles. The predicted molar refractivity (Wildman–Crippen MR) is 75.4 cm³/mol. The van der Waals surface area contributed by atoms with Crippen molar-refractivity contribution in [2.45, 2.75) is 13.3 Å². The molecule has 20 heavy (non-hydrogen) atoms. The number of amidine groups is 1. The maximum atomic E-state index is 12.1. The molecular weight excluding hydrogens is 262 g/mol. The van der Waals surface area contributed by atoms with Crippen LogP contribution >= 0.6 is 0 Å². The Bertz CT molecular complexity index is 502. The molecule has 1 aromatic rings. The van der Waals surface area contributed by atoms with E-state index in [4.69, 9.17) is 20.4 Å². The Hall–Kier alpha value is -2.44. The predicted octanol–water partition coefficient (Wildman–Crippen LogP) is 1.41. The molecule has 0 saturated heterocycles. The fraction of sp³-hybridized carbons (Fsp3) is 0.385. The molecular formula is C13H19N3O4. The Morgan fingerprint density at radius 2 is 2.15 bits per heavy atom. The van der Waals surface area contributed by atoms with Gasteiger partial charge < -0.3 is 25.7 Å². The Morgan fingerprint density at radius 3 is 2.65 bits per heavy atom. The Labute approximate surface area is 117 Å². The lowest BCUT2D eigenvalue weighted by Gasteiger charge is -2.15. The highest BCUT2D eigenvalue weighted by Gasteiger charge is 2.22. The first-order valence-electron chi connectivity index (χ1n) is 6.07. The van der Waals surface area contributed by atoms with Gasteiger partial charge in [-0.1, -0.05) is 12.1 Å². The topological polar surface area (TPSA) is 106 Å². The van der Waals surface area contributed by atoms with Crippen LogP contribution in [0.4, 0.5) is 5.69 Å². The first kappa shape index (κ1) is 15.6. The molecule has 7 heteroatoms. The van der Waals surface area contributed by atoms with E-state index in [1.54, 1.807) is 32.2 Å². The van der Waals surface area contributed by atoms with Gasteiger partial charge in [-0.2, -0.15) is 0 Å². The van der Waals surface area contributed by atoms with Gasteiger partial charge in [0.2, 0.25) is 5.91 Å². The molecule has 0 bridgehead atoms. The number of methoxy groups -OCH3 is 2. The van der Waals surface area contributed by atoms with Crippen LogP contribution < -0.4 is 20.5 Å². The van der Waals surface area contributed by atoms with Gasteiger partial charge in [-0.3, -0.25) is 4.79 Å². The van der Waals surface area contributed by atoms with Crippen molar-refractivity contribution in [3.8, 4) is 11.5 Å². The summed E-state index contributed by atoms with van der Waals surface area (Å²) in [5.74, 6) is -0.120. The number of hydrogen-bond acceptors (Lipinski definition) is 5. The summed E-state index contributed by atoms with van der Waals surface area (Å²) in [4.78, 5) is 12.1. The second-order valence-corrected chi connectivity index (χ2v) is 4.04. The zero-order valence-electron chi connectivity index (χ0n) is 11.7. The van der Waals surface area contributed by atoms with E-state index >= 15 is 0 Å². The minimum absolute atomic E-state index is 0.127. The summed E-state index contributed by atoms with van der Waals surface area (Å²) < 4.78 is 10.3. The molecule has 110 valence electrons. The van der Waals surface area contributed by atoms with Crippen LogP contribution in [0.3, 0.4) is 0 Å². The lowest BCUT2D eigenvalue weighted by atomic mass is 10.0. The molecule has 1 amide bonds. The highest BCUT2D eigenvalue weighted by molar-refractivity contribution is 6.08. The standard InChI is InChI=1S/C13H19N3O4/c1-4-9(12(14)16-18)13(17)15-10-6-5-8(19-2)7-11(10)20-3/h5-7,9,18H,4H2,1-3H3,(H2,14,16)(H,15,17). The van der Waals surface area contributed by atoms with E-state index < -0.39 is 5.92 Å². The number of nitrogens with two attached hydrogens (primary N) is 1. The number of rotatable bonds is 6. The number of nitrogens with zero attached hydrogens (tertiary/aromatic N) is 1. The first-order chi connectivity index (χ1) is 9.57. The summed E-state index contributed by atoms with van der Waals surface area (Å²) in [6, 6.07) is 5.01. The van der Waals surface area contributed by atoms with Gasteiger partial charge in [-0.25, -0.2) is 0 Å². The second-order valence-electron chi connectivity index (χ2n) is 4.04. The number of oxime groups is 1. The van der Waals surface area contributed by atoms with Crippen molar-refractivity contribution in [1.29, 1.82) is 0 Å². The van der Waals surface area contributed by atoms with E-state index in [0.29, 0.717) is 23.6 Å². The van der Waals surface area contributed by atoms with Gasteiger partial charge >= 0.3 is 0 Å². The number of anilines is 1. The molecule has 0 spiro atoms. The van der Waals surface area contributed by atoms with Crippen molar-refractivity contribution in [2.75, 3.05) is 19.5 Å². The lowest BCUT2D eigenvalue weighted by molar-refractivity contribution is -0.118. The van der Waals surface area contributed by atoms with Crippen molar-refractivity contribution in [3.63, 3.8) is 0 Å². The van der Waals surface area contributed by atoms with Gasteiger partial charge in [-0.05, 0) is 18.6 Å². The second kappa shape index (κ2) is 7.22. The van der Waals surface area contributed by atoms with Gasteiger partial charge in [-0.15, -0.1) is 0 Å². The van der Waals surface area contributed by atoms with Crippen molar-refractivity contribution < 1.29 is 19.5 Å². The number of nitrogens with one attached hydrogen (secondary N) is 1. The molecule has 0 saturated carbocycles. The quantitative estimate of drug-likeness (QED) is 0.316. The number of hydrogen-bond donors (Lipinski definition) is 3. The molecule has 1 rings (SSSR count). The molecule has 0 aliphatic heterocycles. The van der Waals surface area contributed by atoms with Gasteiger partial charge in [0.15, 0.2) is 5.84 Å². The Kier molecular flexibility index (Phi) is 5.64. The Morgan fingerprint density at radius 1 is 1.45 bits per heavy atom. The van der Waals surface area contributed by atoms with Gasteiger partial charge in [0.25, 0.3) is 0 Å². The van der Waals surface area contributed by atoms with Crippen LogP contribution in [-0.4, -0.2) is 31.2 Å². The van der Waals surface area contributed by atoms with E-state index in [-0.39, 0.29) is 11.7 Å². The molecule has 7 nitrogen and oxygen atoms in total. The van der Waals surface area contributed by atoms with E-state index in [0.717, 1.165) is 0 Å². The largest absolute Gasteiger partial charge is 0.497 e. The number of carbonyl (C=O) groups excluding carboxylic acids is 1. The van der Waals surface area contributed by atoms with Gasteiger partial charge in [0, 0.05) is 6.07 Å².